The molecule has 1 amide bonds. The summed E-state index contributed by atoms with van der Waals surface area (Å²) in [5.41, 5.74) is 7.77. The first kappa shape index (κ1) is 14.3. The Bertz CT molecular complexity index is 695. The zero-order chi connectivity index (χ0) is 14.5. The molecule has 20 heavy (non-hydrogen) atoms. The summed E-state index contributed by atoms with van der Waals surface area (Å²) in [6, 6.07) is 7.31. The van der Waals surface area contributed by atoms with Gasteiger partial charge in [-0.3, -0.25) is 9.78 Å². The minimum absolute atomic E-state index is 0.149. The zero-order valence-corrected chi connectivity index (χ0v) is 12.2. The Morgan fingerprint density at radius 3 is 2.85 bits per heavy atom. The number of anilines is 1. The second-order valence-corrected chi connectivity index (χ2v) is 5.29. The summed E-state index contributed by atoms with van der Waals surface area (Å²) >= 11 is 1.35. The number of aromatic nitrogens is 1. The SMILES string of the molecule is Cc1ccc(NC(=O)c2ccc(C#CCN)s2)c(C)n1. The van der Waals surface area contributed by atoms with E-state index in [2.05, 4.69) is 22.1 Å². The highest BCUT2D eigenvalue weighted by molar-refractivity contribution is 7.14. The minimum atomic E-state index is -0.149. The van der Waals surface area contributed by atoms with Crippen molar-refractivity contribution in [3.8, 4) is 11.8 Å². The van der Waals surface area contributed by atoms with Crippen LogP contribution in [0.5, 0.6) is 0 Å². The predicted molar refractivity (Wildman–Crippen MR) is 81.9 cm³/mol. The lowest BCUT2D eigenvalue weighted by Gasteiger charge is -2.07. The maximum absolute atomic E-state index is 12.1. The van der Waals surface area contributed by atoms with Gasteiger partial charge in [0.2, 0.25) is 0 Å². The van der Waals surface area contributed by atoms with Crippen LogP contribution in [0.3, 0.4) is 0 Å². The maximum Gasteiger partial charge on any atom is 0.265 e. The summed E-state index contributed by atoms with van der Waals surface area (Å²) in [5, 5.41) is 2.86. The van der Waals surface area contributed by atoms with Crippen LogP contribution >= 0.6 is 11.3 Å². The molecule has 0 aliphatic carbocycles. The van der Waals surface area contributed by atoms with E-state index >= 15 is 0 Å². The molecule has 0 aromatic carbocycles. The fourth-order valence-corrected chi connectivity index (χ4v) is 2.44. The van der Waals surface area contributed by atoms with E-state index in [1.54, 1.807) is 6.07 Å². The summed E-state index contributed by atoms with van der Waals surface area (Å²) in [6.45, 7) is 4.10. The van der Waals surface area contributed by atoms with E-state index in [9.17, 15) is 4.79 Å². The van der Waals surface area contributed by atoms with Gasteiger partial charge in [-0.25, -0.2) is 0 Å². The molecule has 2 aromatic heterocycles. The first-order valence-electron chi connectivity index (χ1n) is 6.14. The fraction of sp³-hybridized carbons (Fsp3) is 0.200. The number of carbonyl (C=O) groups is 1. The van der Waals surface area contributed by atoms with E-state index < -0.39 is 0 Å². The van der Waals surface area contributed by atoms with E-state index in [0.717, 1.165) is 22.0 Å². The molecule has 0 radical (unpaired) electrons. The Balaban J connectivity index is 2.13. The van der Waals surface area contributed by atoms with Crippen molar-refractivity contribution in [2.75, 3.05) is 11.9 Å². The van der Waals surface area contributed by atoms with Crippen LogP contribution in [0.25, 0.3) is 0 Å². The monoisotopic (exact) mass is 285 g/mol. The Hall–Kier alpha value is -2.16. The summed E-state index contributed by atoms with van der Waals surface area (Å²) < 4.78 is 0. The van der Waals surface area contributed by atoms with Crippen LogP contribution < -0.4 is 11.1 Å². The van der Waals surface area contributed by atoms with Crippen molar-refractivity contribution in [2.45, 2.75) is 13.8 Å². The van der Waals surface area contributed by atoms with Crippen molar-refractivity contribution in [1.29, 1.82) is 0 Å². The molecule has 2 rings (SSSR count). The van der Waals surface area contributed by atoms with Gasteiger partial charge < -0.3 is 11.1 Å². The third-order valence-electron chi connectivity index (χ3n) is 2.62. The van der Waals surface area contributed by atoms with Crippen molar-refractivity contribution in [1.82, 2.24) is 4.98 Å². The Morgan fingerprint density at radius 2 is 2.15 bits per heavy atom. The van der Waals surface area contributed by atoms with Gasteiger partial charge in [0.05, 0.1) is 27.7 Å². The van der Waals surface area contributed by atoms with Gasteiger partial charge in [-0.15, -0.1) is 11.3 Å². The third-order valence-corrected chi connectivity index (χ3v) is 3.62. The molecule has 0 bridgehead atoms. The predicted octanol–water partition coefficient (Wildman–Crippen LogP) is 2.32. The molecule has 0 spiro atoms. The molecule has 102 valence electrons. The molecule has 0 saturated carbocycles. The van der Waals surface area contributed by atoms with Crippen LogP contribution in [0.15, 0.2) is 24.3 Å². The molecule has 4 nitrogen and oxygen atoms in total. The van der Waals surface area contributed by atoms with Gasteiger partial charge in [0, 0.05) is 5.69 Å². The number of rotatable bonds is 2. The molecule has 5 heteroatoms. The van der Waals surface area contributed by atoms with Gasteiger partial charge in [0.15, 0.2) is 0 Å². The normalized spacial score (nSPS) is 9.75. The fourth-order valence-electron chi connectivity index (χ4n) is 1.67. The largest absolute Gasteiger partial charge is 0.320 e. The van der Waals surface area contributed by atoms with E-state index in [0.29, 0.717) is 11.4 Å². The zero-order valence-electron chi connectivity index (χ0n) is 11.4. The van der Waals surface area contributed by atoms with Gasteiger partial charge in [-0.05, 0) is 38.1 Å². The summed E-state index contributed by atoms with van der Waals surface area (Å²) in [7, 11) is 0. The van der Waals surface area contributed by atoms with Crippen molar-refractivity contribution in [2.24, 2.45) is 5.73 Å². The second kappa shape index (κ2) is 6.33. The molecular formula is C15H15N3OS. The number of pyridine rings is 1. The molecule has 0 atom stereocenters. The van der Waals surface area contributed by atoms with Crippen molar-refractivity contribution >= 4 is 22.9 Å². The Kier molecular flexibility index (Phi) is 4.51. The van der Waals surface area contributed by atoms with Crippen LogP contribution in [0.2, 0.25) is 0 Å². The number of nitrogens with two attached hydrogens (primary N) is 1. The summed E-state index contributed by atoms with van der Waals surface area (Å²) in [6.07, 6.45) is 0. The van der Waals surface area contributed by atoms with E-state index in [-0.39, 0.29) is 5.91 Å². The van der Waals surface area contributed by atoms with Gasteiger partial charge >= 0.3 is 0 Å². The smallest absolute Gasteiger partial charge is 0.265 e. The highest BCUT2D eigenvalue weighted by Gasteiger charge is 2.10. The molecule has 3 N–H and O–H groups in total. The highest BCUT2D eigenvalue weighted by Crippen LogP contribution is 2.19. The molecule has 0 fully saturated rings. The van der Waals surface area contributed by atoms with E-state index in [4.69, 9.17) is 5.73 Å². The number of thiophene rings is 1. The third kappa shape index (κ3) is 3.44. The lowest BCUT2D eigenvalue weighted by atomic mass is 10.2. The number of carbonyl (C=O) groups excluding carboxylic acids is 1. The van der Waals surface area contributed by atoms with Gasteiger partial charge in [0.25, 0.3) is 5.91 Å². The maximum atomic E-state index is 12.1. The molecule has 0 aliphatic rings. The van der Waals surface area contributed by atoms with Gasteiger partial charge in [-0.1, -0.05) is 11.8 Å². The molecule has 0 saturated heterocycles. The van der Waals surface area contributed by atoms with Crippen LogP contribution in [0.4, 0.5) is 5.69 Å². The van der Waals surface area contributed by atoms with Gasteiger partial charge in [-0.2, -0.15) is 0 Å². The number of nitrogens with one attached hydrogen (secondary N) is 1. The highest BCUT2D eigenvalue weighted by atomic mass is 32.1. The quantitative estimate of drug-likeness (QED) is 0.832. The lowest BCUT2D eigenvalue weighted by Crippen LogP contribution is -2.11. The number of nitrogens with zero attached hydrogens (tertiary/aromatic N) is 1. The van der Waals surface area contributed by atoms with Gasteiger partial charge in [0.1, 0.15) is 0 Å². The number of aryl methyl sites for hydroxylation is 2. The average molecular weight is 285 g/mol. The minimum Gasteiger partial charge on any atom is -0.320 e. The average Bonchev–Trinajstić information content (AvgIpc) is 2.88. The van der Waals surface area contributed by atoms with E-state index in [1.165, 1.54) is 11.3 Å². The molecule has 2 heterocycles. The first-order valence-corrected chi connectivity index (χ1v) is 6.96. The summed E-state index contributed by atoms with van der Waals surface area (Å²) in [5.74, 6) is 5.53. The number of hydrogen-bond donors (Lipinski definition) is 2. The second-order valence-electron chi connectivity index (χ2n) is 4.21. The van der Waals surface area contributed by atoms with Crippen molar-refractivity contribution < 1.29 is 4.79 Å². The molecular weight excluding hydrogens is 270 g/mol. The van der Waals surface area contributed by atoms with Crippen LogP contribution in [-0.2, 0) is 0 Å². The Morgan fingerprint density at radius 1 is 1.35 bits per heavy atom. The van der Waals surface area contributed by atoms with Crippen molar-refractivity contribution in [3.05, 3.63) is 45.4 Å². The first-order chi connectivity index (χ1) is 9.60. The van der Waals surface area contributed by atoms with Crippen LogP contribution in [0.1, 0.15) is 25.9 Å². The Labute approximate surface area is 122 Å². The molecule has 0 aliphatic heterocycles. The standard InChI is InChI=1S/C15H15N3OS/c1-10-5-7-13(11(2)17-10)18-15(19)14-8-6-12(20-14)4-3-9-16/h5-8H,9,16H2,1-2H3,(H,18,19). The summed E-state index contributed by atoms with van der Waals surface area (Å²) in [4.78, 5) is 17.9. The van der Waals surface area contributed by atoms with Crippen LogP contribution in [-0.4, -0.2) is 17.4 Å². The lowest BCUT2D eigenvalue weighted by molar-refractivity contribution is 0.103. The number of amides is 1. The number of hydrogen-bond acceptors (Lipinski definition) is 4. The van der Waals surface area contributed by atoms with Crippen molar-refractivity contribution in [3.63, 3.8) is 0 Å². The molecule has 0 unspecified atom stereocenters. The topological polar surface area (TPSA) is 68.0 Å². The molecule has 2 aromatic rings. The van der Waals surface area contributed by atoms with E-state index in [1.807, 2.05) is 32.0 Å². The van der Waals surface area contributed by atoms with Crippen LogP contribution in [0, 0.1) is 25.7 Å².